The van der Waals surface area contributed by atoms with E-state index < -0.39 is 5.97 Å². The summed E-state index contributed by atoms with van der Waals surface area (Å²) in [5, 5.41) is 0. The van der Waals surface area contributed by atoms with Gasteiger partial charge in [0.15, 0.2) is 0 Å². The number of carbonyl (C=O) groups excluding carboxylic acids is 1. The number of thioether (sulfide) groups is 1. The predicted molar refractivity (Wildman–Crippen MR) is 181 cm³/mol. The second-order valence-electron chi connectivity index (χ2n) is 9.75. The summed E-state index contributed by atoms with van der Waals surface area (Å²) < 4.78 is 23.8. The average molecular weight is 634 g/mol. The molecule has 0 unspecified atom stereocenters. The fourth-order valence-electron chi connectivity index (χ4n) is 4.92. The number of halogens is 1. The molecular weight excluding hydrogens is 606 g/mol. The molecule has 214 valence electrons. The van der Waals surface area contributed by atoms with E-state index in [4.69, 9.17) is 4.74 Å². The van der Waals surface area contributed by atoms with Gasteiger partial charge in [-0.3, -0.25) is 4.79 Å². The third kappa shape index (κ3) is 7.14. The highest BCUT2D eigenvalue weighted by Crippen LogP contribution is 2.49. The van der Waals surface area contributed by atoms with Crippen LogP contribution in [-0.4, -0.2) is 18.0 Å². The highest BCUT2D eigenvalue weighted by molar-refractivity contribution is 8.82. The molecule has 4 nitrogen and oxygen atoms in total. The molecule has 0 saturated carbocycles. The molecule has 0 radical (unpaired) electrons. The highest BCUT2D eigenvalue weighted by Gasteiger charge is 2.28. The van der Waals surface area contributed by atoms with Gasteiger partial charge in [-0.05, 0) is 119 Å². The van der Waals surface area contributed by atoms with Crippen LogP contribution in [-0.2, 0) is 11.2 Å². The maximum atomic E-state index is 15.3. The van der Waals surface area contributed by atoms with Crippen molar-refractivity contribution in [3.05, 3.63) is 122 Å². The Morgan fingerprint density at radius 1 is 1.07 bits per heavy atom. The molecule has 0 aromatic heterocycles. The molecule has 3 aromatic carbocycles. The first-order valence-electron chi connectivity index (χ1n) is 13.3. The van der Waals surface area contributed by atoms with E-state index in [1.807, 2.05) is 37.5 Å². The van der Waals surface area contributed by atoms with Gasteiger partial charge >= 0.3 is 5.97 Å². The number of esters is 1. The van der Waals surface area contributed by atoms with Crippen molar-refractivity contribution in [3.8, 4) is 5.75 Å². The molecule has 42 heavy (non-hydrogen) atoms. The number of hydrogen-bond acceptors (Lipinski definition) is 8. The summed E-state index contributed by atoms with van der Waals surface area (Å²) in [4.78, 5) is 26.9. The molecule has 0 atom stereocenters. The van der Waals surface area contributed by atoms with Crippen LogP contribution in [0.3, 0.4) is 0 Å². The Morgan fingerprint density at radius 2 is 1.83 bits per heavy atom. The SMILES string of the molecule is C=C1C=C(c2ccc(OC(=O)CC3=C(C)/C(=C/c4ccc(SC)cc4)c4cc(CCCSN=O)c(F)cc43)cc2)SS1. The second-order valence-corrected chi connectivity index (χ2v) is 13.7. The minimum atomic E-state index is -0.408. The number of allylic oxidation sites excluding steroid dienone is 3. The number of ether oxygens (including phenoxy) is 1. The van der Waals surface area contributed by atoms with E-state index in [1.54, 1.807) is 45.5 Å². The van der Waals surface area contributed by atoms with Crippen LogP contribution in [0.15, 0.2) is 93.3 Å². The van der Waals surface area contributed by atoms with Gasteiger partial charge in [-0.2, -0.15) is 0 Å². The first-order chi connectivity index (χ1) is 20.4. The molecule has 0 fully saturated rings. The summed E-state index contributed by atoms with van der Waals surface area (Å²) in [5.74, 6) is 0.265. The van der Waals surface area contributed by atoms with Crippen LogP contribution in [0, 0.1) is 10.7 Å². The summed E-state index contributed by atoms with van der Waals surface area (Å²) in [5.41, 5.74) is 6.89. The maximum Gasteiger partial charge on any atom is 0.315 e. The van der Waals surface area contributed by atoms with Crippen LogP contribution in [0.1, 0.15) is 47.6 Å². The van der Waals surface area contributed by atoms with Crippen molar-refractivity contribution in [1.82, 2.24) is 0 Å². The van der Waals surface area contributed by atoms with Gasteiger partial charge in [0.05, 0.1) is 6.42 Å². The zero-order chi connectivity index (χ0) is 29.6. The Kier molecular flexibility index (Phi) is 10.2. The molecule has 2 aliphatic rings. The Bertz CT molecular complexity index is 1630. The smallest absolute Gasteiger partial charge is 0.315 e. The van der Waals surface area contributed by atoms with Crippen molar-refractivity contribution in [2.75, 3.05) is 12.0 Å². The summed E-state index contributed by atoms with van der Waals surface area (Å²) >= 11 is 2.63. The van der Waals surface area contributed by atoms with Crippen molar-refractivity contribution in [3.63, 3.8) is 0 Å². The van der Waals surface area contributed by atoms with Gasteiger partial charge < -0.3 is 4.74 Å². The fraction of sp³-hybridized carbons (Fsp3) is 0.182. The van der Waals surface area contributed by atoms with Gasteiger partial charge in [0.25, 0.3) is 0 Å². The van der Waals surface area contributed by atoms with E-state index in [9.17, 15) is 9.70 Å². The molecule has 1 aliphatic heterocycles. The molecule has 0 bridgehead atoms. The number of aryl methyl sites for hydroxylation is 1. The lowest BCUT2D eigenvalue weighted by molar-refractivity contribution is -0.133. The van der Waals surface area contributed by atoms with Crippen LogP contribution in [0.4, 0.5) is 4.39 Å². The third-order valence-electron chi connectivity index (χ3n) is 7.04. The van der Waals surface area contributed by atoms with Crippen molar-refractivity contribution in [2.45, 2.75) is 31.1 Å². The first kappa shape index (κ1) is 30.5. The summed E-state index contributed by atoms with van der Waals surface area (Å²) in [6.07, 6.45) is 7.31. The molecule has 0 spiro atoms. The number of carbonyl (C=O) groups is 1. The van der Waals surface area contributed by atoms with Crippen molar-refractivity contribution in [1.29, 1.82) is 0 Å². The Hall–Kier alpha value is -2.98. The first-order valence-corrected chi connectivity index (χ1v) is 17.6. The largest absolute Gasteiger partial charge is 0.426 e. The molecule has 0 saturated heterocycles. The van der Waals surface area contributed by atoms with E-state index in [0.717, 1.165) is 55.2 Å². The fourth-order valence-corrected chi connectivity index (χ4v) is 7.70. The summed E-state index contributed by atoms with van der Waals surface area (Å²) in [6, 6.07) is 19.1. The van der Waals surface area contributed by atoms with Crippen LogP contribution >= 0.6 is 45.3 Å². The number of nitrogens with zero attached hydrogens (tertiary/aromatic N) is 1. The number of rotatable bonds is 11. The summed E-state index contributed by atoms with van der Waals surface area (Å²) in [6.45, 7) is 5.95. The monoisotopic (exact) mass is 633 g/mol. The molecule has 1 heterocycles. The summed E-state index contributed by atoms with van der Waals surface area (Å²) in [7, 11) is 3.29. The number of benzene rings is 3. The third-order valence-corrected chi connectivity index (χ3v) is 10.7. The lowest BCUT2D eigenvalue weighted by Crippen LogP contribution is -2.09. The number of fused-ring (bicyclic) bond motifs is 1. The second kappa shape index (κ2) is 14.0. The van der Waals surface area contributed by atoms with E-state index in [1.165, 1.54) is 11.0 Å². The van der Waals surface area contributed by atoms with Gasteiger partial charge in [0.2, 0.25) is 0 Å². The topological polar surface area (TPSA) is 55.7 Å². The lowest BCUT2D eigenvalue weighted by Gasteiger charge is -2.11. The normalized spacial score (nSPS) is 15.3. The Morgan fingerprint density at radius 3 is 2.50 bits per heavy atom. The maximum absolute atomic E-state index is 15.3. The van der Waals surface area contributed by atoms with Gasteiger partial charge in [0.1, 0.15) is 11.6 Å². The highest BCUT2D eigenvalue weighted by atomic mass is 33.1. The van der Waals surface area contributed by atoms with Gasteiger partial charge in [0, 0.05) is 37.0 Å². The minimum absolute atomic E-state index is 0.0151. The van der Waals surface area contributed by atoms with Crippen molar-refractivity contribution < 1.29 is 13.9 Å². The van der Waals surface area contributed by atoms with E-state index in [2.05, 4.69) is 41.5 Å². The van der Waals surface area contributed by atoms with Crippen LogP contribution in [0.2, 0.25) is 0 Å². The Labute approximate surface area is 261 Å². The molecule has 5 rings (SSSR count). The molecular formula is C33H28FNO3S4. The zero-order valence-corrected chi connectivity index (χ0v) is 26.4. The number of hydrogen-bond donors (Lipinski definition) is 0. The lowest BCUT2D eigenvalue weighted by atomic mass is 9.96. The van der Waals surface area contributed by atoms with Crippen LogP contribution < -0.4 is 4.74 Å². The van der Waals surface area contributed by atoms with Crippen LogP contribution in [0.5, 0.6) is 5.75 Å². The quantitative estimate of drug-likeness (QED) is 0.0396. The van der Waals surface area contributed by atoms with Gasteiger partial charge in [-0.15, -0.1) is 16.7 Å². The van der Waals surface area contributed by atoms with E-state index >= 15 is 4.39 Å². The Balaban J connectivity index is 1.41. The van der Waals surface area contributed by atoms with Crippen molar-refractivity contribution in [2.24, 2.45) is 4.58 Å². The standard InChI is InChI=1S/C33H28FNO3S4/c1-20-15-32(42-41-20)23-8-10-25(11-9-23)38-33(36)19-28-21(2)27(16-22-6-12-26(39-3)13-7-22)29-17-24(5-4-14-40-35-37)31(34)18-30(28)29/h6-13,15-18H,1,4-5,14,19H2,2-3H3/b27-16-. The predicted octanol–water partition coefficient (Wildman–Crippen LogP) is 10.5. The van der Waals surface area contributed by atoms with Crippen LogP contribution in [0.25, 0.3) is 22.1 Å². The molecule has 3 aromatic rings. The molecule has 1 aliphatic carbocycles. The molecule has 0 N–H and O–H groups in total. The number of nitroso groups, excluding NO2 is 1. The molecule has 0 amide bonds. The zero-order valence-electron chi connectivity index (χ0n) is 23.1. The van der Waals surface area contributed by atoms with Gasteiger partial charge in [-0.25, -0.2) is 4.39 Å². The average Bonchev–Trinajstić information content (AvgIpc) is 3.53. The van der Waals surface area contributed by atoms with Crippen molar-refractivity contribution >= 4 is 73.4 Å². The van der Waals surface area contributed by atoms with E-state index in [-0.39, 0.29) is 12.2 Å². The molecule has 9 heteroatoms. The minimum Gasteiger partial charge on any atom is -0.426 e. The van der Waals surface area contributed by atoms with E-state index in [0.29, 0.717) is 35.5 Å². The van der Waals surface area contributed by atoms with Gasteiger partial charge in [-0.1, -0.05) is 52.4 Å².